The van der Waals surface area contributed by atoms with E-state index in [-0.39, 0.29) is 40.2 Å². The number of amides is 2. The third-order valence-corrected chi connectivity index (χ3v) is 5.31. The summed E-state index contributed by atoms with van der Waals surface area (Å²) in [6.45, 7) is 0.614. The molecule has 1 saturated carbocycles. The van der Waals surface area contributed by atoms with Gasteiger partial charge in [0.05, 0.1) is 13.7 Å². The first-order valence-corrected chi connectivity index (χ1v) is 9.60. The van der Waals surface area contributed by atoms with Crippen molar-refractivity contribution in [3.63, 3.8) is 0 Å². The topological polar surface area (TPSA) is 68.2 Å². The molecule has 1 aromatic carbocycles. The number of carbonyl (C=O) groups is 1. The lowest BCUT2D eigenvalue weighted by atomic mass is 9.81. The molecule has 6 nitrogen and oxygen atoms in total. The van der Waals surface area contributed by atoms with Gasteiger partial charge in [0.1, 0.15) is 10.8 Å². The van der Waals surface area contributed by atoms with Gasteiger partial charge in [0.25, 0.3) is 11.8 Å². The zero-order valence-electron chi connectivity index (χ0n) is 16.2. The molecule has 2 aliphatic rings. The number of hydrogen-bond donors (Lipinski definition) is 2. The van der Waals surface area contributed by atoms with Crippen LogP contribution < -0.4 is 15.4 Å². The highest BCUT2D eigenvalue weighted by atomic mass is 35.5. The van der Waals surface area contributed by atoms with Gasteiger partial charge < -0.3 is 15.4 Å². The van der Waals surface area contributed by atoms with Gasteiger partial charge in [-0.15, -0.1) is 5.10 Å². The Bertz CT molecular complexity index is 1080. The first kappa shape index (κ1) is 20.4. The van der Waals surface area contributed by atoms with Gasteiger partial charge in [-0.3, -0.25) is 4.68 Å². The van der Waals surface area contributed by atoms with Crippen LogP contribution in [0.1, 0.15) is 30.9 Å². The minimum atomic E-state index is -3.46. The molecular weight excluding hydrogens is 421 g/mol. The second kappa shape index (κ2) is 7.13. The summed E-state index contributed by atoms with van der Waals surface area (Å²) in [7, 11) is 1.40. The summed E-state index contributed by atoms with van der Waals surface area (Å²) >= 11 is 5.97. The third-order valence-electron chi connectivity index (χ3n) is 5.05. The first-order valence-electron chi connectivity index (χ1n) is 9.22. The van der Waals surface area contributed by atoms with Crippen molar-refractivity contribution in [1.29, 1.82) is 0 Å². The Morgan fingerprint density at radius 3 is 2.77 bits per heavy atom. The van der Waals surface area contributed by atoms with Crippen molar-refractivity contribution in [2.45, 2.75) is 37.8 Å². The molecule has 1 aliphatic carbocycles. The molecule has 1 atom stereocenters. The summed E-state index contributed by atoms with van der Waals surface area (Å²) in [5.74, 6) is 1.33. The van der Waals surface area contributed by atoms with E-state index in [0.29, 0.717) is 6.92 Å². The van der Waals surface area contributed by atoms with Crippen molar-refractivity contribution in [3.05, 3.63) is 40.3 Å². The Balaban J connectivity index is 1.79. The fourth-order valence-corrected chi connectivity index (χ4v) is 3.54. The van der Waals surface area contributed by atoms with E-state index in [1.807, 2.05) is 0 Å². The van der Waals surface area contributed by atoms with Crippen LogP contribution in [0.3, 0.4) is 0 Å². The maximum atomic E-state index is 15.0. The number of methoxy groups -OCH3 is 1. The van der Waals surface area contributed by atoms with E-state index in [1.54, 1.807) is 0 Å². The minimum absolute atomic E-state index is 0.0168. The third kappa shape index (κ3) is 3.56. The van der Waals surface area contributed by atoms with Crippen LogP contribution in [0.4, 0.5) is 23.7 Å². The van der Waals surface area contributed by atoms with Crippen LogP contribution >= 0.6 is 11.6 Å². The largest absolute Gasteiger partial charge is 0.479 e. The molecule has 0 unspecified atom stereocenters. The standard InChI is InChI=1S/C20H18ClF3N4O2/c1-19(23,24)20(6-5-11-3-4-11)13-8-15(22)12(7-16(13)25-18(29)26-20)9-28-10-14(21)17(27-28)30-2/h7-8,10-11H,3-4,9H2,1-2H3,(H2,25,26,29)/t20-/m0/s1. The molecule has 0 spiro atoms. The Kier molecular flexibility index (Phi) is 4.85. The van der Waals surface area contributed by atoms with Gasteiger partial charge in [-0.1, -0.05) is 23.4 Å². The second-order valence-electron chi connectivity index (χ2n) is 7.43. The number of ether oxygens (including phenoxy) is 1. The molecular formula is C20H18ClF3N4O2. The fourth-order valence-electron chi connectivity index (χ4n) is 3.31. The van der Waals surface area contributed by atoms with Crippen molar-refractivity contribution >= 4 is 23.3 Å². The van der Waals surface area contributed by atoms with Gasteiger partial charge in [-0.25, -0.2) is 18.0 Å². The summed E-state index contributed by atoms with van der Waals surface area (Å²) in [6, 6.07) is 1.46. The smallest absolute Gasteiger partial charge is 0.320 e. The van der Waals surface area contributed by atoms with Gasteiger partial charge in [0, 0.05) is 35.9 Å². The van der Waals surface area contributed by atoms with E-state index in [1.165, 1.54) is 24.1 Å². The average Bonchev–Trinajstić information content (AvgIpc) is 3.42. The fraction of sp³-hybridized carbons (Fsp3) is 0.400. The summed E-state index contributed by atoms with van der Waals surface area (Å²) in [6.07, 6.45) is 3.09. The van der Waals surface area contributed by atoms with Crippen LogP contribution in [0.2, 0.25) is 5.02 Å². The SMILES string of the molecule is COc1nn(Cc2cc3c(cc2F)[C@@](C#CC2CC2)(C(C)(F)F)NC(=O)N3)cc1Cl. The summed E-state index contributed by atoms with van der Waals surface area (Å²) in [4.78, 5) is 12.2. The maximum absolute atomic E-state index is 15.0. The summed E-state index contributed by atoms with van der Waals surface area (Å²) < 4.78 is 50.8. The van der Waals surface area contributed by atoms with E-state index in [0.717, 1.165) is 18.9 Å². The van der Waals surface area contributed by atoms with Crippen LogP contribution in [0.5, 0.6) is 5.88 Å². The predicted molar refractivity (Wildman–Crippen MR) is 104 cm³/mol. The Hall–Kier alpha value is -2.86. The number of benzene rings is 1. The van der Waals surface area contributed by atoms with Crippen LogP contribution in [0.15, 0.2) is 18.3 Å². The Morgan fingerprint density at radius 1 is 1.43 bits per heavy atom. The van der Waals surface area contributed by atoms with E-state index in [2.05, 4.69) is 27.6 Å². The minimum Gasteiger partial charge on any atom is -0.479 e. The molecule has 0 radical (unpaired) electrons. The molecule has 0 saturated heterocycles. The lowest BCUT2D eigenvalue weighted by Crippen LogP contribution is -2.59. The van der Waals surface area contributed by atoms with Gasteiger partial charge >= 0.3 is 6.03 Å². The highest BCUT2D eigenvalue weighted by Gasteiger charge is 2.55. The molecule has 2 heterocycles. The number of halogens is 4. The van der Waals surface area contributed by atoms with E-state index < -0.39 is 23.3 Å². The van der Waals surface area contributed by atoms with E-state index >= 15 is 0 Å². The molecule has 2 amide bonds. The van der Waals surface area contributed by atoms with Crippen molar-refractivity contribution in [3.8, 4) is 17.7 Å². The predicted octanol–water partition coefficient (Wildman–Crippen LogP) is 4.13. The number of carbonyl (C=O) groups excluding carboxylic acids is 1. The summed E-state index contributed by atoms with van der Waals surface area (Å²) in [5, 5.41) is 9.02. The maximum Gasteiger partial charge on any atom is 0.320 e. The number of hydrogen-bond acceptors (Lipinski definition) is 3. The molecule has 1 aliphatic heterocycles. The number of nitrogens with one attached hydrogen (secondary N) is 2. The molecule has 0 bridgehead atoms. The van der Waals surface area contributed by atoms with Crippen molar-refractivity contribution in [2.75, 3.05) is 12.4 Å². The van der Waals surface area contributed by atoms with Gasteiger partial charge in [-0.05, 0) is 25.0 Å². The van der Waals surface area contributed by atoms with E-state index in [4.69, 9.17) is 16.3 Å². The molecule has 2 aromatic rings. The van der Waals surface area contributed by atoms with Gasteiger partial charge in [0.15, 0.2) is 5.54 Å². The molecule has 1 aromatic heterocycles. The summed E-state index contributed by atoms with van der Waals surface area (Å²) in [5.41, 5.74) is -2.27. The highest BCUT2D eigenvalue weighted by molar-refractivity contribution is 6.31. The number of anilines is 1. The highest BCUT2D eigenvalue weighted by Crippen LogP contribution is 2.44. The molecule has 2 N–H and O–H groups in total. The number of nitrogens with zero attached hydrogens (tertiary/aromatic N) is 2. The average molecular weight is 439 g/mol. The van der Waals surface area contributed by atoms with Crippen LogP contribution in [-0.2, 0) is 12.1 Å². The van der Waals surface area contributed by atoms with E-state index in [9.17, 15) is 18.0 Å². The monoisotopic (exact) mass is 438 g/mol. The number of alkyl halides is 2. The zero-order chi connectivity index (χ0) is 21.7. The number of rotatable bonds is 4. The molecule has 158 valence electrons. The zero-order valence-corrected chi connectivity index (χ0v) is 16.9. The van der Waals surface area contributed by atoms with Crippen LogP contribution in [0, 0.1) is 23.6 Å². The second-order valence-corrected chi connectivity index (χ2v) is 7.84. The molecule has 30 heavy (non-hydrogen) atoms. The quantitative estimate of drug-likeness (QED) is 0.705. The lowest BCUT2D eigenvalue weighted by molar-refractivity contribution is -0.0465. The lowest BCUT2D eigenvalue weighted by Gasteiger charge is -2.40. The van der Waals surface area contributed by atoms with Crippen molar-refractivity contribution in [1.82, 2.24) is 15.1 Å². The van der Waals surface area contributed by atoms with Gasteiger partial charge in [-0.2, -0.15) is 0 Å². The van der Waals surface area contributed by atoms with Crippen molar-refractivity contribution in [2.24, 2.45) is 5.92 Å². The Morgan fingerprint density at radius 2 is 2.17 bits per heavy atom. The number of urea groups is 1. The normalized spacial score (nSPS) is 20.5. The Labute approximate surface area is 175 Å². The molecule has 1 fully saturated rings. The number of fused-ring (bicyclic) bond motifs is 1. The molecule has 4 rings (SSSR count). The first-order chi connectivity index (χ1) is 14.1. The van der Waals surface area contributed by atoms with Gasteiger partial charge in [0.2, 0.25) is 0 Å². The van der Waals surface area contributed by atoms with Crippen molar-refractivity contribution < 1.29 is 22.7 Å². The van der Waals surface area contributed by atoms with Crippen LogP contribution in [-0.4, -0.2) is 28.8 Å². The molecule has 10 heteroatoms. The van der Waals surface area contributed by atoms with Crippen LogP contribution in [0.25, 0.3) is 0 Å². The number of aromatic nitrogens is 2.